The standard InChI is InChI=1S/C12H16N4S/c1-8-5-16(6-11-13-9(2)7-17-11)12(14-8)15-10-3-4-10/h5,7,10H,3-4,6H2,1-2H3,(H,14,15). The summed E-state index contributed by atoms with van der Waals surface area (Å²) in [5.41, 5.74) is 2.15. The molecule has 0 bridgehead atoms. The molecule has 0 aliphatic heterocycles. The van der Waals surface area contributed by atoms with E-state index in [2.05, 4.69) is 31.4 Å². The van der Waals surface area contributed by atoms with Crippen molar-refractivity contribution in [1.82, 2.24) is 14.5 Å². The Morgan fingerprint density at radius 1 is 1.35 bits per heavy atom. The van der Waals surface area contributed by atoms with Crippen LogP contribution in [0.4, 0.5) is 5.95 Å². The Balaban J connectivity index is 1.80. The number of hydrogen-bond acceptors (Lipinski definition) is 4. The predicted octanol–water partition coefficient (Wildman–Crippen LogP) is 2.58. The van der Waals surface area contributed by atoms with Gasteiger partial charge in [0.15, 0.2) is 0 Å². The number of nitrogens with one attached hydrogen (secondary N) is 1. The van der Waals surface area contributed by atoms with Gasteiger partial charge in [0.2, 0.25) is 5.95 Å². The molecule has 1 N–H and O–H groups in total. The SMILES string of the molecule is Cc1csc(Cn2cc(C)nc2NC2CC2)n1. The van der Waals surface area contributed by atoms with Crippen LogP contribution in [0.1, 0.15) is 29.2 Å². The summed E-state index contributed by atoms with van der Waals surface area (Å²) in [6.07, 6.45) is 4.62. The van der Waals surface area contributed by atoms with Gasteiger partial charge < -0.3 is 9.88 Å². The number of imidazole rings is 1. The van der Waals surface area contributed by atoms with Crippen LogP contribution in [0.5, 0.6) is 0 Å². The Morgan fingerprint density at radius 2 is 2.18 bits per heavy atom. The lowest BCUT2D eigenvalue weighted by Crippen LogP contribution is -2.09. The van der Waals surface area contributed by atoms with Crippen molar-refractivity contribution in [2.45, 2.75) is 39.3 Å². The van der Waals surface area contributed by atoms with Gasteiger partial charge in [-0.25, -0.2) is 9.97 Å². The summed E-state index contributed by atoms with van der Waals surface area (Å²) in [5.74, 6) is 0.984. The molecule has 0 radical (unpaired) electrons. The molecule has 90 valence electrons. The van der Waals surface area contributed by atoms with Gasteiger partial charge in [0.25, 0.3) is 0 Å². The zero-order valence-electron chi connectivity index (χ0n) is 10.1. The van der Waals surface area contributed by atoms with Crippen molar-refractivity contribution in [2.24, 2.45) is 0 Å². The van der Waals surface area contributed by atoms with Gasteiger partial charge in [0, 0.05) is 23.3 Å². The Bertz CT molecular complexity index is 524. The van der Waals surface area contributed by atoms with Crippen LogP contribution >= 0.6 is 11.3 Å². The molecule has 0 unspecified atom stereocenters. The molecular weight excluding hydrogens is 232 g/mol. The van der Waals surface area contributed by atoms with Gasteiger partial charge in [-0.1, -0.05) is 0 Å². The summed E-state index contributed by atoms with van der Waals surface area (Å²) in [5, 5.41) is 6.69. The molecule has 3 rings (SSSR count). The minimum Gasteiger partial charge on any atom is -0.353 e. The first-order valence-electron chi connectivity index (χ1n) is 5.92. The molecule has 0 amide bonds. The van der Waals surface area contributed by atoms with E-state index in [1.54, 1.807) is 11.3 Å². The maximum absolute atomic E-state index is 4.52. The number of aromatic nitrogens is 3. The van der Waals surface area contributed by atoms with Crippen LogP contribution in [0.2, 0.25) is 0 Å². The average molecular weight is 248 g/mol. The van der Waals surface area contributed by atoms with Gasteiger partial charge in [-0.3, -0.25) is 0 Å². The highest BCUT2D eigenvalue weighted by molar-refractivity contribution is 7.09. The second-order valence-corrected chi connectivity index (χ2v) is 5.58. The number of hydrogen-bond donors (Lipinski definition) is 1. The van der Waals surface area contributed by atoms with E-state index in [1.807, 2.05) is 13.8 Å². The maximum atomic E-state index is 4.52. The van der Waals surface area contributed by atoms with Crippen molar-refractivity contribution >= 4 is 17.3 Å². The van der Waals surface area contributed by atoms with Crippen molar-refractivity contribution < 1.29 is 0 Å². The number of aryl methyl sites for hydroxylation is 2. The Hall–Kier alpha value is -1.36. The molecule has 4 nitrogen and oxygen atoms in total. The number of rotatable bonds is 4. The first-order valence-corrected chi connectivity index (χ1v) is 6.80. The van der Waals surface area contributed by atoms with Crippen LogP contribution in [-0.4, -0.2) is 20.6 Å². The second kappa shape index (κ2) is 4.14. The van der Waals surface area contributed by atoms with E-state index in [1.165, 1.54) is 12.8 Å². The lowest BCUT2D eigenvalue weighted by molar-refractivity contribution is 0.787. The van der Waals surface area contributed by atoms with E-state index in [4.69, 9.17) is 0 Å². The maximum Gasteiger partial charge on any atom is 0.203 e. The van der Waals surface area contributed by atoms with Crippen molar-refractivity contribution in [3.63, 3.8) is 0 Å². The minimum atomic E-state index is 0.633. The summed E-state index contributed by atoms with van der Waals surface area (Å²) >= 11 is 1.71. The van der Waals surface area contributed by atoms with Crippen LogP contribution in [0, 0.1) is 13.8 Å². The summed E-state index contributed by atoms with van der Waals surface area (Å²) < 4.78 is 2.16. The predicted molar refractivity (Wildman–Crippen MR) is 69.6 cm³/mol. The normalized spacial score (nSPS) is 15.2. The first-order chi connectivity index (χ1) is 8.20. The average Bonchev–Trinajstić information content (AvgIpc) is 2.89. The lowest BCUT2D eigenvalue weighted by atomic mass is 10.5. The first kappa shape index (κ1) is 10.8. The van der Waals surface area contributed by atoms with Gasteiger partial charge in [-0.15, -0.1) is 11.3 Å². The summed E-state index contributed by atoms with van der Waals surface area (Å²) in [4.78, 5) is 9.02. The molecule has 2 aromatic rings. The second-order valence-electron chi connectivity index (χ2n) is 4.64. The van der Waals surface area contributed by atoms with E-state index in [0.717, 1.165) is 28.9 Å². The third-order valence-corrected chi connectivity index (χ3v) is 3.73. The van der Waals surface area contributed by atoms with Crippen LogP contribution in [0.25, 0.3) is 0 Å². The van der Waals surface area contributed by atoms with Gasteiger partial charge in [0.05, 0.1) is 12.2 Å². The fourth-order valence-electron chi connectivity index (χ4n) is 1.81. The van der Waals surface area contributed by atoms with Crippen molar-refractivity contribution in [2.75, 3.05) is 5.32 Å². The number of thiazole rings is 1. The van der Waals surface area contributed by atoms with E-state index in [0.29, 0.717) is 6.04 Å². The highest BCUT2D eigenvalue weighted by Crippen LogP contribution is 2.25. The van der Waals surface area contributed by atoms with Crippen molar-refractivity contribution in [3.8, 4) is 0 Å². The van der Waals surface area contributed by atoms with Crippen molar-refractivity contribution in [3.05, 3.63) is 28.0 Å². The molecule has 1 fully saturated rings. The molecule has 2 heterocycles. The lowest BCUT2D eigenvalue weighted by Gasteiger charge is -2.06. The fraction of sp³-hybridized carbons (Fsp3) is 0.500. The van der Waals surface area contributed by atoms with Gasteiger partial charge in [0.1, 0.15) is 5.01 Å². The van der Waals surface area contributed by atoms with Crippen molar-refractivity contribution in [1.29, 1.82) is 0 Å². The van der Waals surface area contributed by atoms with Gasteiger partial charge in [-0.2, -0.15) is 0 Å². The third-order valence-electron chi connectivity index (χ3n) is 2.78. The highest BCUT2D eigenvalue weighted by atomic mass is 32.1. The zero-order chi connectivity index (χ0) is 11.8. The molecule has 17 heavy (non-hydrogen) atoms. The van der Waals surface area contributed by atoms with E-state index in [9.17, 15) is 0 Å². The summed E-state index contributed by atoms with van der Waals surface area (Å²) in [6.45, 7) is 4.87. The monoisotopic (exact) mass is 248 g/mol. The molecule has 1 aliphatic rings. The van der Waals surface area contributed by atoms with E-state index < -0.39 is 0 Å². The highest BCUT2D eigenvalue weighted by Gasteiger charge is 2.23. The van der Waals surface area contributed by atoms with E-state index >= 15 is 0 Å². The Morgan fingerprint density at radius 3 is 2.82 bits per heavy atom. The molecule has 0 saturated heterocycles. The van der Waals surface area contributed by atoms with Crippen LogP contribution in [0.3, 0.4) is 0 Å². The minimum absolute atomic E-state index is 0.633. The largest absolute Gasteiger partial charge is 0.353 e. The molecule has 1 aliphatic carbocycles. The fourth-order valence-corrected chi connectivity index (χ4v) is 2.58. The molecule has 5 heteroatoms. The molecular formula is C12H16N4S. The number of nitrogens with zero attached hydrogens (tertiary/aromatic N) is 3. The summed E-state index contributed by atoms with van der Waals surface area (Å²) in [7, 11) is 0. The Labute approximate surface area is 105 Å². The van der Waals surface area contributed by atoms with Gasteiger partial charge in [-0.05, 0) is 26.7 Å². The van der Waals surface area contributed by atoms with Crippen LogP contribution in [0.15, 0.2) is 11.6 Å². The van der Waals surface area contributed by atoms with E-state index in [-0.39, 0.29) is 0 Å². The number of anilines is 1. The van der Waals surface area contributed by atoms with Crippen LogP contribution < -0.4 is 5.32 Å². The van der Waals surface area contributed by atoms with Crippen LogP contribution in [-0.2, 0) is 6.54 Å². The molecule has 1 saturated carbocycles. The molecule has 2 aromatic heterocycles. The van der Waals surface area contributed by atoms with Gasteiger partial charge >= 0.3 is 0 Å². The molecule has 0 atom stereocenters. The molecule has 0 aromatic carbocycles. The Kier molecular flexibility index (Phi) is 2.63. The smallest absolute Gasteiger partial charge is 0.203 e. The quantitative estimate of drug-likeness (QED) is 0.904. The topological polar surface area (TPSA) is 42.7 Å². The summed E-state index contributed by atoms with van der Waals surface area (Å²) in [6, 6.07) is 0.633. The zero-order valence-corrected chi connectivity index (χ0v) is 10.9. The third kappa shape index (κ3) is 2.49. The molecule has 0 spiro atoms.